The molecule has 0 saturated carbocycles. The third kappa shape index (κ3) is 3.64. The number of carbonyl (C=O) groups is 1. The Hall–Kier alpha value is -1.69. The zero-order chi connectivity index (χ0) is 14.0. The summed E-state index contributed by atoms with van der Waals surface area (Å²) in [5.74, 6) is -1.40. The van der Waals surface area contributed by atoms with Gasteiger partial charge in [0.25, 0.3) is 0 Å². The highest BCUT2D eigenvalue weighted by atomic mass is 19.1. The van der Waals surface area contributed by atoms with Crippen LogP contribution in [0.25, 0.3) is 0 Å². The molecule has 104 valence electrons. The number of nitrogens with zero attached hydrogens (tertiary/aromatic N) is 2. The normalized spacial score (nSPS) is 18.2. The molecule has 1 N–H and O–H groups in total. The van der Waals surface area contributed by atoms with Gasteiger partial charge in [-0.25, -0.2) is 13.6 Å². The Kier molecular flexibility index (Phi) is 3.71. The second-order valence-corrected chi connectivity index (χ2v) is 5.46. The van der Waals surface area contributed by atoms with E-state index in [2.05, 4.69) is 19.4 Å². The van der Waals surface area contributed by atoms with Crippen molar-refractivity contribution in [1.29, 1.82) is 0 Å². The largest absolute Gasteiger partial charge is 0.326 e. The maximum Gasteiger partial charge on any atom is 0.322 e. The molecule has 19 heavy (non-hydrogen) atoms. The number of benzene rings is 1. The highest BCUT2D eigenvalue weighted by Crippen LogP contribution is 2.14. The first-order valence-corrected chi connectivity index (χ1v) is 6.20. The zero-order valence-electron chi connectivity index (χ0n) is 11.1. The molecule has 0 radical (unpaired) electrons. The van der Waals surface area contributed by atoms with Crippen molar-refractivity contribution >= 4 is 11.7 Å². The number of quaternary nitrogens is 1. The van der Waals surface area contributed by atoms with Gasteiger partial charge >= 0.3 is 6.03 Å². The first-order chi connectivity index (χ1) is 8.85. The van der Waals surface area contributed by atoms with Gasteiger partial charge in [-0.15, -0.1) is 0 Å². The van der Waals surface area contributed by atoms with Gasteiger partial charge in [-0.05, 0) is 12.1 Å². The van der Waals surface area contributed by atoms with Gasteiger partial charge < -0.3 is 14.7 Å². The van der Waals surface area contributed by atoms with E-state index < -0.39 is 11.6 Å². The number of hydrogen-bond donors (Lipinski definition) is 1. The molecule has 2 rings (SSSR count). The monoisotopic (exact) mass is 270 g/mol. The van der Waals surface area contributed by atoms with E-state index in [-0.39, 0.29) is 11.7 Å². The van der Waals surface area contributed by atoms with Crippen molar-refractivity contribution in [2.24, 2.45) is 0 Å². The minimum absolute atomic E-state index is 0.141. The second-order valence-electron chi connectivity index (χ2n) is 5.46. The predicted octanol–water partition coefficient (Wildman–Crippen LogP) is 1.89. The lowest BCUT2D eigenvalue weighted by molar-refractivity contribution is -0.894. The number of hydrogen-bond acceptors (Lipinski definition) is 1. The molecular formula is C13H18F2N3O+. The van der Waals surface area contributed by atoms with E-state index in [0.29, 0.717) is 13.1 Å². The summed E-state index contributed by atoms with van der Waals surface area (Å²) in [7, 11) is 4.22. The number of likely N-dealkylation sites (N-methyl/N-ethyl adjacent to an activating group) is 1. The van der Waals surface area contributed by atoms with Gasteiger partial charge in [0, 0.05) is 11.8 Å². The summed E-state index contributed by atoms with van der Waals surface area (Å²) < 4.78 is 26.9. The summed E-state index contributed by atoms with van der Waals surface area (Å²) in [6, 6.07) is 2.66. The average molecular weight is 270 g/mol. The fourth-order valence-corrected chi connectivity index (χ4v) is 2.04. The Morgan fingerprint density at radius 1 is 1.16 bits per heavy atom. The Morgan fingerprint density at radius 2 is 1.68 bits per heavy atom. The summed E-state index contributed by atoms with van der Waals surface area (Å²) in [6.07, 6.45) is 0. The number of halogens is 2. The van der Waals surface area contributed by atoms with Crippen LogP contribution in [0.2, 0.25) is 0 Å². The third-order valence-electron chi connectivity index (χ3n) is 3.35. The van der Waals surface area contributed by atoms with E-state index >= 15 is 0 Å². The van der Waals surface area contributed by atoms with Crippen LogP contribution >= 0.6 is 0 Å². The lowest BCUT2D eigenvalue weighted by Gasteiger charge is -2.38. The van der Waals surface area contributed by atoms with Gasteiger partial charge in [-0.3, -0.25) is 0 Å². The minimum Gasteiger partial charge on any atom is -0.326 e. The maximum atomic E-state index is 13.0. The summed E-state index contributed by atoms with van der Waals surface area (Å²) in [5.41, 5.74) is 0.141. The van der Waals surface area contributed by atoms with E-state index in [0.717, 1.165) is 35.8 Å². The average Bonchev–Trinajstić information content (AvgIpc) is 2.26. The van der Waals surface area contributed by atoms with Gasteiger partial charge in [0.05, 0.1) is 40.3 Å². The predicted molar refractivity (Wildman–Crippen MR) is 68.8 cm³/mol. The van der Waals surface area contributed by atoms with Crippen LogP contribution in [0.1, 0.15) is 0 Å². The quantitative estimate of drug-likeness (QED) is 0.777. The number of amides is 2. The van der Waals surface area contributed by atoms with E-state index in [1.807, 2.05) is 0 Å². The molecule has 4 nitrogen and oxygen atoms in total. The second kappa shape index (κ2) is 5.13. The van der Waals surface area contributed by atoms with E-state index in [1.165, 1.54) is 0 Å². The Bertz CT molecular complexity index is 461. The van der Waals surface area contributed by atoms with Gasteiger partial charge in [0.2, 0.25) is 0 Å². The van der Waals surface area contributed by atoms with Crippen molar-refractivity contribution in [3.63, 3.8) is 0 Å². The van der Waals surface area contributed by atoms with Crippen molar-refractivity contribution in [3.8, 4) is 0 Å². The first kappa shape index (κ1) is 13.7. The molecule has 1 aliphatic heterocycles. The highest BCUT2D eigenvalue weighted by molar-refractivity contribution is 5.89. The van der Waals surface area contributed by atoms with Crippen LogP contribution in [-0.2, 0) is 0 Å². The van der Waals surface area contributed by atoms with E-state index in [9.17, 15) is 13.6 Å². The third-order valence-corrected chi connectivity index (χ3v) is 3.35. The van der Waals surface area contributed by atoms with E-state index in [4.69, 9.17) is 0 Å². The smallest absolute Gasteiger partial charge is 0.322 e. The molecule has 1 fully saturated rings. The fraction of sp³-hybridized carbons (Fsp3) is 0.462. The summed E-state index contributed by atoms with van der Waals surface area (Å²) >= 11 is 0. The molecule has 0 atom stereocenters. The number of anilines is 1. The number of carbonyl (C=O) groups excluding carboxylic acids is 1. The zero-order valence-corrected chi connectivity index (χ0v) is 11.1. The lowest BCUT2D eigenvalue weighted by atomic mass is 10.3. The molecule has 0 aromatic heterocycles. The summed E-state index contributed by atoms with van der Waals surface area (Å²) in [4.78, 5) is 13.6. The van der Waals surface area contributed by atoms with Crippen molar-refractivity contribution in [2.45, 2.75) is 0 Å². The van der Waals surface area contributed by atoms with Crippen molar-refractivity contribution in [3.05, 3.63) is 29.8 Å². The topological polar surface area (TPSA) is 32.3 Å². The van der Waals surface area contributed by atoms with Gasteiger partial charge in [-0.1, -0.05) is 0 Å². The van der Waals surface area contributed by atoms with Crippen LogP contribution in [0.5, 0.6) is 0 Å². The lowest BCUT2D eigenvalue weighted by Crippen LogP contribution is -2.56. The Morgan fingerprint density at radius 3 is 2.21 bits per heavy atom. The van der Waals surface area contributed by atoms with Crippen molar-refractivity contribution < 1.29 is 18.1 Å². The number of rotatable bonds is 1. The maximum absolute atomic E-state index is 13.0. The highest BCUT2D eigenvalue weighted by Gasteiger charge is 2.27. The van der Waals surface area contributed by atoms with Crippen molar-refractivity contribution in [2.75, 3.05) is 45.6 Å². The Balaban J connectivity index is 1.98. The van der Waals surface area contributed by atoms with Crippen LogP contribution in [-0.4, -0.2) is 55.7 Å². The molecule has 6 heteroatoms. The minimum atomic E-state index is -0.702. The van der Waals surface area contributed by atoms with Crippen LogP contribution < -0.4 is 5.32 Å². The molecule has 0 bridgehead atoms. The number of piperazine rings is 1. The molecule has 0 spiro atoms. The van der Waals surface area contributed by atoms with Crippen LogP contribution in [0, 0.1) is 11.6 Å². The Labute approximate surface area is 111 Å². The van der Waals surface area contributed by atoms with Gasteiger partial charge in [0.1, 0.15) is 11.6 Å². The molecule has 1 heterocycles. The van der Waals surface area contributed by atoms with E-state index in [1.54, 1.807) is 4.90 Å². The standard InChI is InChI=1S/C13H17F2N3O/c1-18(2)5-3-17(4-6-18)13(19)16-12-8-10(14)7-11(15)9-12/h7-9H,3-6H2,1-2H3/p+1. The molecular weight excluding hydrogens is 252 g/mol. The van der Waals surface area contributed by atoms with Crippen molar-refractivity contribution in [1.82, 2.24) is 4.90 Å². The van der Waals surface area contributed by atoms with Crippen LogP contribution in [0.3, 0.4) is 0 Å². The van der Waals surface area contributed by atoms with Gasteiger partial charge in [0.15, 0.2) is 0 Å². The number of urea groups is 1. The van der Waals surface area contributed by atoms with Crippen LogP contribution in [0.15, 0.2) is 18.2 Å². The molecule has 1 aromatic carbocycles. The van der Waals surface area contributed by atoms with Crippen LogP contribution in [0.4, 0.5) is 19.3 Å². The number of nitrogens with one attached hydrogen (secondary N) is 1. The molecule has 0 unspecified atom stereocenters. The van der Waals surface area contributed by atoms with Gasteiger partial charge in [-0.2, -0.15) is 0 Å². The molecule has 1 saturated heterocycles. The summed E-state index contributed by atoms with van der Waals surface area (Å²) in [6.45, 7) is 3.00. The SMILES string of the molecule is C[N+]1(C)CCN(C(=O)Nc2cc(F)cc(F)c2)CC1. The first-order valence-electron chi connectivity index (χ1n) is 6.20. The fourth-order valence-electron chi connectivity index (χ4n) is 2.04. The molecule has 0 aliphatic carbocycles. The summed E-state index contributed by atoms with van der Waals surface area (Å²) in [5, 5.41) is 2.52. The molecule has 1 aliphatic rings. The molecule has 1 aromatic rings. The molecule has 2 amide bonds.